The Kier molecular flexibility index (Phi) is 6.06. The maximum absolute atomic E-state index is 11.9. The van der Waals surface area contributed by atoms with Gasteiger partial charge in [0.05, 0.1) is 6.61 Å². The number of alkyl carbamates (subject to hydrolysis) is 1. The van der Waals surface area contributed by atoms with Crippen molar-refractivity contribution in [1.82, 2.24) is 5.32 Å². The molecular formula is C14H25NO4. The van der Waals surface area contributed by atoms with Crippen LogP contribution in [0.5, 0.6) is 0 Å². The third-order valence-corrected chi connectivity index (χ3v) is 2.45. The van der Waals surface area contributed by atoms with Crippen LogP contribution in [0.3, 0.4) is 0 Å². The van der Waals surface area contributed by atoms with E-state index in [4.69, 9.17) is 9.47 Å². The molecule has 0 fully saturated rings. The Hall–Kier alpha value is -1.52. The zero-order chi connectivity index (χ0) is 15.3. The Bertz CT molecular complexity index is 342. The Morgan fingerprint density at radius 2 is 1.79 bits per heavy atom. The first kappa shape index (κ1) is 17.5. The molecule has 0 aliphatic heterocycles. The van der Waals surface area contributed by atoms with Crippen molar-refractivity contribution in [3.8, 4) is 0 Å². The van der Waals surface area contributed by atoms with Crippen molar-refractivity contribution in [3.63, 3.8) is 0 Å². The van der Waals surface area contributed by atoms with Crippen molar-refractivity contribution in [1.29, 1.82) is 0 Å². The smallest absolute Gasteiger partial charge is 0.408 e. The number of ether oxygens (including phenoxy) is 2. The summed E-state index contributed by atoms with van der Waals surface area (Å²) in [5.74, 6) is -0.502. The van der Waals surface area contributed by atoms with Crippen molar-refractivity contribution in [3.05, 3.63) is 12.7 Å². The molecule has 0 aromatic rings. The van der Waals surface area contributed by atoms with E-state index in [1.54, 1.807) is 47.6 Å². The van der Waals surface area contributed by atoms with Crippen molar-refractivity contribution in [2.24, 2.45) is 5.41 Å². The van der Waals surface area contributed by atoms with Crippen LogP contribution in [0.15, 0.2) is 12.7 Å². The maximum Gasteiger partial charge on any atom is 0.408 e. The molecule has 1 unspecified atom stereocenters. The molecule has 0 spiro atoms. The summed E-state index contributed by atoms with van der Waals surface area (Å²) < 4.78 is 10.1. The van der Waals surface area contributed by atoms with Gasteiger partial charge in [0.25, 0.3) is 0 Å². The van der Waals surface area contributed by atoms with Gasteiger partial charge in [-0.25, -0.2) is 9.59 Å². The first-order valence-electron chi connectivity index (χ1n) is 6.33. The topological polar surface area (TPSA) is 64.6 Å². The Labute approximate surface area is 115 Å². The van der Waals surface area contributed by atoms with E-state index >= 15 is 0 Å². The number of amides is 1. The number of nitrogens with one attached hydrogen (secondary N) is 1. The first-order chi connectivity index (χ1) is 8.53. The van der Waals surface area contributed by atoms with Crippen molar-refractivity contribution >= 4 is 12.1 Å². The van der Waals surface area contributed by atoms with E-state index in [0.717, 1.165) is 0 Å². The van der Waals surface area contributed by atoms with E-state index in [1.807, 2.05) is 0 Å². The molecule has 0 aliphatic rings. The molecule has 1 N–H and O–H groups in total. The van der Waals surface area contributed by atoms with Crippen LogP contribution in [0, 0.1) is 5.41 Å². The van der Waals surface area contributed by atoms with Crippen LogP contribution >= 0.6 is 0 Å². The van der Waals surface area contributed by atoms with E-state index in [-0.39, 0.29) is 6.61 Å². The molecule has 0 aromatic heterocycles. The van der Waals surface area contributed by atoms with E-state index in [9.17, 15) is 9.59 Å². The number of hydrogen-bond donors (Lipinski definition) is 1. The minimum absolute atomic E-state index is 0.249. The lowest BCUT2D eigenvalue weighted by atomic mass is 9.84. The average Bonchev–Trinajstić information content (AvgIpc) is 2.23. The lowest BCUT2D eigenvalue weighted by Gasteiger charge is -2.31. The molecule has 0 aliphatic carbocycles. The highest BCUT2D eigenvalue weighted by atomic mass is 16.6. The summed E-state index contributed by atoms with van der Waals surface area (Å²) in [7, 11) is 0. The van der Waals surface area contributed by atoms with Gasteiger partial charge < -0.3 is 14.8 Å². The predicted octanol–water partition coefficient (Wildman–Crippen LogP) is 2.66. The van der Waals surface area contributed by atoms with Crippen LogP contribution in [0.25, 0.3) is 0 Å². The second-order valence-electron chi connectivity index (χ2n) is 5.86. The van der Waals surface area contributed by atoms with Gasteiger partial charge in [0.15, 0.2) is 0 Å². The number of carbonyl (C=O) groups is 2. The Balaban J connectivity index is 4.92. The van der Waals surface area contributed by atoms with Crippen LogP contribution in [-0.2, 0) is 14.3 Å². The molecular weight excluding hydrogens is 246 g/mol. The summed E-state index contributed by atoms with van der Waals surface area (Å²) >= 11 is 0. The average molecular weight is 271 g/mol. The van der Waals surface area contributed by atoms with Gasteiger partial charge in [-0.15, -0.1) is 6.58 Å². The molecule has 0 heterocycles. The van der Waals surface area contributed by atoms with Gasteiger partial charge >= 0.3 is 12.1 Å². The normalized spacial score (nSPS) is 13.4. The molecule has 0 radical (unpaired) electrons. The lowest BCUT2D eigenvalue weighted by Crippen LogP contribution is -2.51. The summed E-state index contributed by atoms with van der Waals surface area (Å²) in [6.45, 7) is 14.5. The zero-order valence-electron chi connectivity index (χ0n) is 12.7. The zero-order valence-corrected chi connectivity index (χ0v) is 12.7. The molecule has 0 aromatic carbocycles. The van der Waals surface area contributed by atoms with Gasteiger partial charge in [0, 0.05) is 5.41 Å². The summed E-state index contributed by atoms with van der Waals surface area (Å²) in [6.07, 6.45) is 0.951. The second-order valence-corrected chi connectivity index (χ2v) is 5.86. The van der Waals surface area contributed by atoms with Gasteiger partial charge in [0.2, 0.25) is 0 Å². The Morgan fingerprint density at radius 1 is 1.26 bits per heavy atom. The van der Waals surface area contributed by atoms with Crippen LogP contribution in [0.2, 0.25) is 0 Å². The van der Waals surface area contributed by atoms with Crippen molar-refractivity contribution in [2.75, 3.05) is 6.61 Å². The second kappa shape index (κ2) is 6.59. The Morgan fingerprint density at radius 3 is 2.16 bits per heavy atom. The predicted molar refractivity (Wildman–Crippen MR) is 73.8 cm³/mol. The van der Waals surface area contributed by atoms with E-state index in [0.29, 0.717) is 0 Å². The standard InChI is InChI=1S/C14H25NO4/c1-8-14(6,7)10(11(16)18-9-2)15-12(17)19-13(3,4)5/h8,10H,1,9H2,2-7H3,(H,15,17). The molecule has 19 heavy (non-hydrogen) atoms. The van der Waals surface area contributed by atoms with Crippen molar-refractivity contribution in [2.45, 2.75) is 53.2 Å². The molecule has 110 valence electrons. The summed E-state index contributed by atoms with van der Waals surface area (Å²) in [5.41, 5.74) is -1.26. The SMILES string of the molecule is C=CC(C)(C)C(NC(=O)OC(C)(C)C)C(=O)OCC. The summed E-state index contributed by atoms with van der Waals surface area (Å²) in [6, 6.07) is -0.834. The fourth-order valence-electron chi connectivity index (χ4n) is 1.32. The first-order valence-corrected chi connectivity index (χ1v) is 6.33. The van der Waals surface area contributed by atoms with Gasteiger partial charge in [-0.05, 0) is 27.7 Å². The highest BCUT2D eigenvalue weighted by Crippen LogP contribution is 2.23. The maximum atomic E-state index is 11.9. The third-order valence-electron chi connectivity index (χ3n) is 2.45. The number of esters is 1. The van der Waals surface area contributed by atoms with Gasteiger partial charge in [-0.3, -0.25) is 0 Å². The van der Waals surface area contributed by atoms with Gasteiger partial charge in [-0.2, -0.15) is 0 Å². The van der Waals surface area contributed by atoms with Crippen molar-refractivity contribution < 1.29 is 19.1 Å². The van der Waals surface area contributed by atoms with Crippen LogP contribution in [-0.4, -0.2) is 30.3 Å². The van der Waals surface area contributed by atoms with Gasteiger partial charge in [-0.1, -0.05) is 19.9 Å². The summed E-state index contributed by atoms with van der Waals surface area (Å²) in [4.78, 5) is 23.7. The monoisotopic (exact) mass is 271 g/mol. The van der Waals surface area contributed by atoms with Crippen LogP contribution in [0.4, 0.5) is 4.79 Å². The fourth-order valence-corrected chi connectivity index (χ4v) is 1.32. The fraction of sp³-hybridized carbons (Fsp3) is 0.714. The lowest BCUT2D eigenvalue weighted by molar-refractivity contribution is -0.148. The molecule has 0 saturated carbocycles. The van der Waals surface area contributed by atoms with E-state index in [1.165, 1.54) is 0 Å². The molecule has 0 saturated heterocycles. The highest BCUT2D eigenvalue weighted by molar-refractivity contribution is 5.82. The molecule has 5 heteroatoms. The minimum Gasteiger partial charge on any atom is -0.464 e. The summed E-state index contributed by atoms with van der Waals surface area (Å²) in [5, 5.41) is 2.54. The number of hydrogen-bond acceptors (Lipinski definition) is 4. The third kappa shape index (κ3) is 6.27. The van der Waals surface area contributed by atoms with Gasteiger partial charge in [0.1, 0.15) is 11.6 Å². The molecule has 1 atom stereocenters. The van der Waals surface area contributed by atoms with E-state index in [2.05, 4.69) is 11.9 Å². The highest BCUT2D eigenvalue weighted by Gasteiger charge is 2.36. The number of rotatable bonds is 5. The largest absolute Gasteiger partial charge is 0.464 e. The molecule has 5 nitrogen and oxygen atoms in total. The van der Waals surface area contributed by atoms with Crippen LogP contribution in [0.1, 0.15) is 41.5 Å². The molecule has 0 bridgehead atoms. The molecule has 1 amide bonds. The number of carbonyl (C=O) groups excluding carboxylic acids is 2. The van der Waals surface area contributed by atoms with E-state index < -0.39 is 29.1 Å². The quantitative estimate of drug-likeness (QED) is 0.616. The minimum atomic E-state index is -0.834. The van der Waals surface area contributed by atoms with Crippen LogP contribution < -0.4 is 5.32 Å². The molecule has 0 rings (SSSR count).